The summed E-state index contributed by atoms with van der Waals surface area (Å²) >= 11 is 0. The molecule has 1 saturated heterocycles. The van der Waals surface area contributed by atoms with Gasteiger partial charge in [-0.2, -0.15) is 0 Å². The zero-order valence-electron chi connectivity index (χ0n) is 9.17. The number of nitrogens with zero attached hydrogens (tertiary/aromatic N) is 2. The SMILES string of the molecule is O=C(O)C(c1ccncc1)N1CCCCC1. The number of rotatable bonds is 3. The van der Waals surface area contributed by atoms with Gasteiger partial charge in [0.1, 0.15) is 6.04 Å². The van der Waals surface area contributed by atoms with Crippen molar-refractivity contribution >= 4 is 5.97 Å². The fourth-order valence-electron chi connectivity index (χ4n) is 2.23. The second kappa shape index (κ2) is 5.07. The predicted octanol–water partition coefficient (Wildman–Crippen LogP) is 1.69. The Morgan fingerprint density at radius 1 is 1.25 bits per heavy atom. The summed E-state index contributed by atoms with van der Waals surface area (Å²) < 4.78 is 0. The van der Waals surface area contributed by atoms with Crippen molar-refractivity contribution in [1.29, 1.82) is 0 Å². The summed E-state index contributed by atoms with van der Waals surface area (Å²) in [4.78, 5) is 17.3. The van der Waals surface area contributed by atoms with Gasteiger partial charge in [0.15, 0.2) is 0 Å². The number of hydrogen-bond acceptors (Lipinski definition) is 3. The fourth-order valence-corrected chi connectivity index (χ4v) is 2.23. The maximum atomic E-state index is 11.3. The molecule has 0 aliphatic carbocycles. The van der Waals surface area contributed by atoms with Crippen molar-refractivity contribution in [2.75, 3.05) is 13.1 Å². The monoisotopic (exact) mass is 220 g/mol. The number of piperidine rings is 1. The number of pyridine rings is 1. The van der Waals surface area contributed by atoms with E-state index in [4.69, 9.17) is 0 Å². The lowest BCUT2D eigenvalue weighted by molar-refractivity contribution is -0.144. The van der Waals surface area contributed by atoms with Gasteiger partial charge in [-0.1, -0.05) is 6.42 Å². The van der Waals surface area contributed by atoms with Crippen molar-refractivity contribution in [2.45, 2.75) is 25.3 Å². The highest BCUT2D eigenvalue weighted by atomic mass is 16.4. The molecule has 1 N–H and O–H groups in total. The van der Waals surface area contributed by atoms with Crippen LogP contribution in [0.3, 0.4) is 0 Å². The number of carboxylic acid groups (broad SMARTS) is 1. The Bertz CT molecular complexity index is 347. The average Bonchev–Trinajstić information content (AvgIpc) is 2.31. The van der Waals surface area contributed by atoms with Gasteiger partial charge in [0.05, 0.1) is 0 Å². The predicted molar refractivity (Wildman–Crippen MR) is 60.0 cm³/mol. The molecule has 1 aromatic rings. The highest BCUT2D eigenvalue weighted by Crippen LogP contribution is 2.24. The molecule has 0 aromatic carbocycles. The maximum Gasteiger partial charge on any atom is 0.325 e. The van der Waals surface area contributed by atoms with Gasteiger partial charge in [-0.05, 0) is 43.6 Å². The van der Waals surface area contributed by atoms with E-state index in [1.165, 1.54) is 6.42 Å². The van der Waals surface area contributed by atoms with Gasteiger partial charge in [-0.25, -0.2) is 0 Å². The van der Waals surface area contributed by atoms with Crippen molar-refractivity contribution < 1.29 is 9.90 Å². The number of carboxylic acids is 1. The molecule has 4 heteroatoms. The lowest BCUT2D eigenvalue weighted by Gasteiger charge is -2.32. The fraction of sp³-hybridized carbons (Fsp3) is 0.500. The Balaban J connectivity index is 2.20. The molecular formula is C12H16N2O2. The van der Waals surface area contributed by atoms with E-state index in [9.17, 15) is 9.90 Å². The molecule has 1 fully saturated rings. The van der Waals surface area contributed by atoms with Crippen LogP contribution in [0.25, 0.3) is 0 Å². The Labute approximate surface area is 94.9 Å². The lowest BCUT2D eigenvalue weighted by atomic mass is 10.0. The highest BCUT2D eigenvalue weighted by Gasteiger charge is 2.28. The van der Waals surface area contributed by atoms with Crippen molar-refractivity contribution in [1.82, 2.24) is 9.88 Å². The molecule has 1 aliphatic heterocycles. The van der Waals surface area contributed by atoms with E-state index in [-0.39, 0.29) is 0 Å². The number of aliphatic carboxylic acids is 1. The lowest BCUT2D eigenvalue weighted by Crippen LogP contribution is -2.37. The Morgan fingerprint density at radius 3 is 2.44 bits per heavy atom. The summed E-state index contributed by atoms with van der Waals surface area (Å²) in [7, 11) is 0. The normalized spacial score (nSPS) is 19.2. The molecular weight excluding hydrogens is 204 g/mol. The van der Waals surface area contributed by atoms with Crippen molar-refractivity contribution in [2.24, 2.45) is 0 Å². The second-order valence-corrected chi connectivity index (χ2v) is 4.12. The van der Waals surface area contributed by atoms with Gasteiger partial charge < -0.3 is 5.11 Å². The van der Waals surface area contributed by atoms with Crippen molar-refractivity contribution in [3.8, 4) is 0 Å². The van der Waals surface area contributed by atoms with Crippen LogP contribution in [0.1, 0.15) is 30.9 Å². The summed E-state index contributed by atoms with van der Waals surface area (Å²) in [6.07, 6.45) is 6.69. The molecule has 1 aromatic heterocycles. The Hall–Kier alpha value is -1.42. The number of hydrogen-bond donors (Lipinski definition) is 1. The van der Waals surface area contributed by atoms with Crippen LogP contribution < -0.4 is 0 Å². The summed E-state index contributed by atoms with van der Waals surface area (Å²) in [5.74, 6) is -0.770. The third kappa shape index (κ3) is 2.39. The van der Waals surface area contributed by atoms with E-state index in [1.807, 2.05) is 4.90 Å². The largest absolute Gasteiger partial charge is 0.480 e. The standard InChI is InChI=1S/C12H16N2O2/c15-12(16)11(10-4-6-13-7-5-10)14-8-2-1-3-9-14/h4-7,11H,1-3,8-9H2,(H,15,16). The third-order valence-corrected chi connectivity index (χ3v) is 3.01. The molecule has 0 bridgehead atoms. The molecule has 2 heterocycles. The number of likely N-dealkylation sites (tertiary alicyclic amines) is 1. The smallest absolute Gasteiger partial charge is 0.325 e. The average molecular weight is 220 g/mol. The molecule has 0 radical (unpaired) electrons. The zero-order valence-corrected chi connectivity index (χ0v) is 9.17. The Kier molecular flexibility index (Phi) is 3.51. The first-order valence-corrected chi connectivity index (χ1v) is 5.66. The minimum absolute atomic E-state index is 0.511. The number of carbonyl (C=O) groups is 1. The van der Waals surface area contributed by atoms with Crippen LogP contribution in [0.2, 0.25) is 0 Å². The summed E-state index contributed by atoms with van der Waals surface area (Å²) in [6, 6.07) is 3.06. The first-order chi connectivity index (χ1) is 7.79. The molecule has 0 saturated carbocycles. The molecule has 4 nitrogen and oxygen atoms in total. The van der Waals surface area contributed by atoms with E-state index < -0.39 is 12.0 Å². The molecule has 2 rings (SSSR count). The van der Waals surface area contributed by atoms with Gasteiger partial charge in [0, 0.05) is 12.4 Å². The van der Waals surface area contributed by atoms with Gasteiger partial charge in [-0.3, -0.25) is 14.7 Å². The van der Waals surface area contributed by atoms with E-state index in [0.29, 0.717) is 0 Å². The summed E-state index contributed by atoms with van der Waals surface area (Å²) in [5.41, 5.74) is 0.824. The van der Waals surface area contributed by atoms with E-state index >= 15 is 0 Å². The van der Waals surface area contributed by atoms with Crippen LogP contribution >= 0.6 is 0 Å². The molecule has 86 valence electrons. The van der Waals surface area contributed by atoms with Gasteiger partial charge in [0.25, 0.3) is 0 Å². The van der Waals surface area contributed by atoms with Crippen LogP contribution in [0.5, 0.6) is 0 Å². The minimum atomic E-state index is -0.770. The van der Waals surface area contributed by atoms with Crippen LogP contribution in [-0.2, 0) is 4.79 Å². The number of aromatic nitrogens is 1. The van der Waals surface area contributed by atoms with Gasteiger partial charge in [0.2, 0.25) is 0 Å². The topological polar surface area (TPSA) is 53.4 Å². The molecule has 1 aliphatic rings. The first-order valence-electron chi connectivity index (χ1n) is 5.66. The van der Waals surface area contributed by atoms with Crippen LogP contribution in [0, 0.1) is 0 Å². The third-order valence-electron chi connectivity index (χ3n) is 3.01. The van der Waals surface area contributed by atoms with Crippen LogP contribution in [-0.4, -0.2) is 34.0 Å². The van der Waals surface area contributed by atoms with Crippen molar-refractivity contribution in [3.05, 3.63) is 30.1 Å². The Morgan fingerprint density at radius 2 is 1.88 bits per heavy atom. The molecule has 0 spiro atoms. The summed E-state index contributed by atoms with van der Waals surface area (Å²) in [5, 5.41) is 9.32. The van der Waals surface area contributed by atoms with Crippen LogP contribution in [0.4, 0.5) is 0 Å². The van der Waals surface area contributed by atoms with Crippen LogP contribution in [0.15, 0.2) is 24.5 Å². The van der Waals surface area contributed by atoms with Gasteiger partial charge in [-0.15, -0.1) is 0 Å². The second-order valence-electron chi connectivity index (χ2n) is 4.12. The van der Waals surface area contributed by atoms with E-state index in [0.717, 1.165) is 31.5 Å². The van der Waals surface area contributed by atoms with E-state index in [1.54, 1.807) is 24.5 Å². The molecule has 1 unspecified atom stereocenters. The summed E-state index contributed by atoms with van der Waals surface area (Å²) in [6.45, 7) is 1.75. The first kappa shape index (κ1) is 11.1. The van der Waals surface area contributed by atoms with Crippen molar-refractivity contribution in [3.63, 3.8) is 0 Å². The quantitative estimate of drug-likeness (QED) is 0.842. The molecule has 16 heavy (non-hydrogen) atoms. The highest BCUT2D eigenvalue weighted by molar-refractivity contribution is 5.75. The maximum absolute atomic E-state index is 11.3. The van der Waals surface area contributed by atoms with Gasteiger partial charge >= 0.3 is 5.97 Å². The molecule has 1 atom stereocenters. The molecule has 0 amide bonds. The zero-order chi connectivity index (χ0) is 11.4. The van der Waals surface area contributed by atoms with E-state index in [2.05, 4.69) is 4.98 Å². The minimum Gasteiger partial charge on any atom is -0.480 e.